The third kappa shape index (κ3) is 5.03. The molecule has 0 radical (unpaired) electrons. The van der Waals surface area contributed by atoms with Crippen molar-refractivity contribution in [2.75, 3.05) is 19.9 Å². The first-order valence-electron chi connectivity index (χ1n) is 8.59. The van der Waals surface area contributed by atoms with Crippen molar-refractivity contribution in [3.8, 4) is 5.75 Å². The number of carbonyl (C=O) groups is 1. The lowest BCUT2D eigenvalue weighted by Crippen LogP contribution is -2.36. The quantitative estimate of drug-likeness (QED) is 0.549. The van der Waals surface area contributed by atoms with E-state index in [0.717, 1.165) is 4.88 Å². The Morgan fingerprint density at radius 2 is 2.30 bits per heavy atom. The number of rotatable bonds is 8. The van der Waals surface area contributed by atoms with Gasteiger partial charge in [0.15, 0.2) is 6.79 Å². The molecule has 9 heteroatoms. The van der Waals surface area contributed by atoms with Gasteiger partial charge in [-0.2, -0.15) is 0 Å². The fourth-order valence-corrected chi connectivity index (χ4v) is 3.53. The van der Waals surface area contributed by atoms with Crippen LogP contribution in [-0.4, -0.2) is 35.6 Å². The number of hydrogen-bond donors (Lipinski definition) is 1. The standard InChI is InChI=1S/C18H21N3O5S/c1-2-20(10-17(22)19-8-16-4-3-5-27-16)9-13-6-15(21(23)24)7-14-11-25-12-26-18(13)14/h3-7H,2,8-12H2,1H3,(H,19,22). The zero-order valence-corrected chi connectivity index (χ0v) is 15.8. The van der Waals surface area contributed by atoms with Gasteiger partial charge in [0.2, 0.25) is 5.91 Å². The van der Waals surface area contributed by atoms with Crippen molar-refractivity contribution < 1.29 is 19.2 Å². The van der Waals surface area contributed by atoms with Crippen LogP contribution in [0.2, 0.25) is 0 Å². The molecular weight excluding hydrogens is 370 g/mol. The molecule has 8 nitrogen and oxygen atoms in total. The zero-order chi connectivity index (χ0) is 19.2. The molecule has 27 heavy (non-hydrogen) atoms. The molecule has 2 heterocycles. The van der Waals surface area contributed by atoms with Crippen molar-refractivity contribution in [2.45, 2.75) is 26.6 Å². The number of hydrogen-bond acceptors (Lipinski definition) is 7. The molecule has 0 saturated carbocycles. The van der Waals surface area contributed by atoms with Crippen molar-refractivity contribution in [2.24, 2.45) is 0 Å². The fraction of sp³-hybridized carbons (Fsp3) is 0.389. The van der Waals surface area contributed by atoms with Crippen LogP contribution in [0, 0.1) is 10.1 Å². The summed E-state index contributed by atoms with van der Waals surface area (Å²) < 4.78 is 10.8. The molecule has 1 aromatic carbocycles. The van der Waals surface area contributed by atoms with Gasteiger partial charge in [0, 0.05) is 34.7 Å². The molecule has 144 valence electrons. The smallest absolute Gasteiger partial charge is 0.270 e. The molecule has 0 unspecified atom stereocenters. The van der Waals surface area contributed by atoms with Crippen LogP contribution in [0.1, 0.15) is 22.9 Å². The van der Waals surface area contributed by atoms with Crippen LogP contribution in [0.4, 0.5) is 5.69 Å². The van der Waals surface area contributed by atoms with Crippen LogP contribution in [0.5, 0.6) is 5.75 Å². The molecule has 0 aliphatic carbocycles. The second kappa shape index (κ2) is 8.94. The zero-order valence-electron chi connectivity index (χ0n) is 15.0. The topological polar surface area (TPSA) is 93.9 Å². The number of fused-ring (bicyclic) bond motifs is 1. The first-order chi connectivity index (χ1) is 13.1. The van der Waals surface area contributed by atoms with E-state index in [9.17, 15) is 14.9 Å². The largest absolute Gasteiger partial charge is 0.467 e. The number of amides is 1. The van der Waals surface area contributed by atoms with E-state index in [4.69, 9.17) is 9.47 Å². The monoisotopic (exact) mass is 391 g/mol. The van der Waals surface area contributed by atoms with Gasteiger partial charge in [-0.1, -0.05) is 13.0 Å². The molecule has 0 saturated heterocycles. The summed E-state index contributed by atoms with van der Waals surface area (Å²) in [5.41, 5.74) is 1.34. The van der Waals surface area contributed by atoms with Gasteiger partial charge in [0.25, 0.3) is 5.69 Å². The number of non-ortho nitro benzene ring substituents is 1. The van der Waals surface area contributed by atoms with Crippen molar-refractivity contribution in [3.63, 3.8) is 0 Å². The number of likely N-dealkylation sites (N-methyl/N-ethyl adjacent to an activating group) is 1. The van der Waals surface area contributed by atoms with Gasteiger partial charge in [0.1, 0.15) is 5.75 Å². The predicted molar refractivity (Wildman–Crippen MR) is 100 cm³/mol. The predicted octanol–water partition coefficient (Wildman–Crippen LogP) is 2.66. The summed E-state index contributed by atoms with van der Waals surface area (Å²) in [7, 11) is 0. The highest BCUT2D eigenvalue weighted by Crippen LogP contribution is 2.33. The molecule has 0 bridgehead atoms. The van der Waals surface area contributed by atoms with Gasteiger partial charge in [-0.15, -0.1) is 11.3 Å². The van der Waals surface area contributed by atoms with Crippen LogP contribution < -0.4 is 10.1 Å². The van der Waals surface area contributed by atoms with E-state index in [0.29, 0.717) is 36.5 Å². The first-order valence-corrected chi connectivity index (χ1v) is 9.47. The maximum absolute atomic E-state index is 12.3. The summed E-state index contributed by atoms with van der Waals surface area (Å²) in [6.45, 7) is 4.05. The Balaban J connectivity index is 1.69. The van der Waals surface area contributed by atoms with Crippen LogP contribution >= 0.6 is 11.3 Å². The molecule has 3 rings (SSSR count). The van der Waals surface area contributed by atoms with Crippen molar-refractivity contribution in [1.29, 1.82) is 0 Å². The maximum Gasteiger partial charge on any atom is 0.270 e. The van der Waals surface area contributed by atoms with Crippen LogP contribution in [0.25, 0.3) is 0 Å². The van der Waals surface area contributed by atoms with Gasteiger partial charge in [0.05, 0.1) is 24.6 Å². The van der Waals surface area contributed by atoms with E-state index in [-0.39, 0.29) is 31.5 Å². The van der Waals surface area contributed by atoms with Crippen LogP contribution in [0.15, 0.2) is 29.6 Å². The maximum atomic E-state index is 12.3. The minimum atomic E-state index is -0.428. The summed E-state index contributed by atoms with van der Waals surface area (Å²) in [4.78, 5) is 26.1. The number of nitrogens with zero attached hydrogens (tertiary/aromatic N) is 2. The number of benzene rings is 1. The Labute approximate surface area is 160 Å². The van der Waals surface area contributed by atoms with Gasteiger partial charge in [-0.3, -0.25) is 19.8 Å². The summed E-state index contributed by atoms with van der Waals surface area (Å²) in [5.74, 6) is 0.526. The Hall–Kier alpha value is -2.49. The molecular formula is C18H21N3O5S. The van der Waals surface area contributed by atoms with Gasteiger partial charge >= 0.3 is 0 Å². The van der Waals surface area contributed by atoms with E-state index < -0.39 is 4.92 Å². The Morgan fingerprint density at radius 1 is 1.44 bits per heavy atom. The Kier molecular flexibility index (Phi) is 6.38. The lowest BCUT2D eigenvalue weighted by Gasteiger charge is -2.24. The highest BCUT2D eigenvalue weighted by Gasteiger charge is 2.22. The average molecular weight is 391 g/mol. The molecule has 1 aliphatic heterocycles. The first kappa shape index (κ1) is 19.3. The Morgan fingerprint density at radius 3 is 3.00 bits per heavy atom. The number of nitrogens with one attached hydrogen (secondary N) is 1. The summed E-state index contributed by atoms with van der Waals surface area (Å²) in [6.07, 6.45) is 0. The minimum Gasteiger partial charge on any atom is -0.467 e. The molecule has 0 atom stereocenters. The highest BCUT2D eigenvalue weighted by atomic mass is 32.1. The summed E-state index contributed by atoms with van der Waals surface area (Å²) in [6, 6.07) is 6.90. The second-order valence-electron chi connectivity index (χ2n) is 6.12. The molecule has 2 aromatic rings. The lowest BCUT2D eigenvalue weighted by molar-refractivity contribution is -0.385. The number of thiophene rings is 1. The molecule has 0 spiro atoms. The third-order valence-electron chi connectivity index (χ3n) is 4.23. The minimum absolute atomic E-state index is 0.00366. The normalized spacial score (nSPS) is 13.1. The van der Waals surface area contributed by atoms with Crippen molar-refractivity contribution >= 4 is 22.9 Å². The van der Waals surface area contributed by atoms with E-state index in [1.165, 1.54) is 12.1 Å². The summed E-state index contributed by atoms with van der Waals surface area (Å²) in [5, 5.41) is 16.1. The number of nitro groups is 1. The van der Waals surface area contributed by atoms with Crippen LogP contribution in [0.3, 0.4) is 0 Å². The van der Waals surface area contributed by atoms with E-state index in [2.05, 4.69) is 5.32 Å². The number of nitro benzene ring substituents is 1. The van der Waals surface area contributed by atoms with Crippen molar-refractivity contribution in [3.05, 3.63) is 55.8 Å². The SMILES string of the molecule is CCN(CC(=O)NCc1cccs1)Cc1cc([N+](=O)[O-])cc2c1OCOC2. The highest BCUT2D eigenvalue weighted by molar-refractivity contribution is 7.09. The molecule has 1 N–H and O–H groups in total. The lowest BCUT2D eigenvalue weighted by atomic mass is 10.1. The van der Waals surface area contributed by atoms with Gasteiger partial charge < -0.3 is 14.8 Å². The number of ether oxygens (including phenoxy) is 2. The molecule has 0 fully saturated rings. The van der Waals surface area contributed by atoms with Crippen LogP contribution in [-0.2, 0) is 29.2 Å². The second-order valence-corrected chi connectivity index (χ2v) is 7.15. The Bertz CT molecular complexity index is 810. The van der Waals surface area contributed by atoms with Crippen molar-refractivity contribution in [1.82, 2.24) is 10.2 Å². The fourth-order valence-electron chi connectivity index (χ4n) is 2.88. The van der Waals surface area contributed by atoms with E-state index in [1.807, 2.05) is 29.3 Å². The van der Waals surface area contributed by atoms with E-state index >= 15 is 0 Å². The number of carbonyl (C=O) groups excluding carboxylic acids is 1. The molecule has 1 aliphatic rings. The third-order valence-corrected chi connectivity index (χ3v) is 5.11. The summed E-state index contributed by atoms with van der Waals surface area (Å²) >= 11 is 1.59. The van der Waals surface area contributed by atoms with Gasteiger partial charge in [-0.05, 0) is 18.0 Å². The molecule has 1 aromatic heterocycles. The molecule has 1 amide bonds. The van der Waals surface area contributed by atoms with E-state index in [1.54, 1.807) is 11.3 Å². The average Bonchev–Trinajstić information content (AvgIpc) is 3.19. The van der Waals surface area contributed by atoms with Gasteiger partial charge in [-0.25, -0.2) is 0 Å².